The van der Waals surface area contributed by atoms with Gasteiger partial charge in [0.1, 0.15) is 11.6 Å². The molecule has 2 saturated heterocycles. The molecule has 2 aromatic heterocycles. The van der Waals surface area contributed by atoms with Gasteiger partial charge in [0.15, 0.2) is 0 Å². The zero-order chi connectivity index (χ0) is 30.7. The Kier molecular flexibility index (Phi) is 12.2. The average Bonchev–Trinajstić information content (AvgIpc) is 3.57. The third kappa shape index (κ3) is 8.04. The van der Waals surface area contributed by atoms with Gasteiger partial charge in [0, 0.05) is 24.4 Å². The number of fused-ring (bicyclic) bond motifs is 3. The number of aromatic nitrogens is 4. The number of likely N-dealkylation sites (tertiary alicyclic amines) is 2. The molecular weight excluding hydrogens is 658 g/mol. The number of rotatable bonds is 6. The fourth-order valence-electron chi connectivity index (χ4n) is 6.59. The van der Waals surface area contributed by atoms with Crippen LogP contribution in [0.4, 0.5) is 9.59 Å². The standard InChI is InChI=1S/C25H26N6O2.2C2H5NO2.2V/c32-13-30-12-25(5-6-25)10-21(30)23-26-11-17(27-23)7-15-1-4-19-20(8-15)29-24(28-19)22-16-2-3-18(9-16)31(22)14-33;2*1-5-2(3)4;;/h1,4,8,11,16,18,21-22H,2-3,5-7,9-10,12H2,(H,26,27)(H,28,29);2*1H3,(H2,3,4);;/q-2;;;2*+2/p-2/t16-,18+,21-,22-;;;;/m0..../s1. The van der Waals surface area contributed by atoms with Crippen LogP contribution in [0.1, 0.15) is 73.5 Å². The van der Waals surface area contributed by atoms with Crippen LogP contribution in [0.5, 0.6) is 0 Å². The molecule has 1 aromatic carbocycles. The van der Waals surface area contributed by atoms with Crippen molar-refractivity contribution in [2.24, 2.45) is 11.3 Å². The molecule has 45 heavy (non-hydrogen) atoms. The smallest absolute Gasteiger partial charge is 0.632 e. The minimum atomic E-state index is -0.995. The van der Waals surface area contributed by atoms with Gasteiger partial charge in [0.25, 0.3) is 0 Å². The molecular formula is C29H34N8O6V2. The number of carbonyl (C=O) groups is 2. The number of hydrogen-bond acceptors (Lipinski definition) is 8. The summed E-state index contributed by atoms with van der Waals surface area (Å²) in [5.74, 6) is 2.22. The van der Waals surface area contributed by atoms with Crippen molar-refractivity contribution in [3.8, 4) is 0 Å². The Labute approximate surface area is 284 Å². The third-order valence-corrected chi connectivity index (χ3v) is 8.85. The van der Waals surface area contributed by atoms with E-state index < -0.39 is 12.2 Å². The molecule has 4 aliphatic rings. The van der Waals surface area contributed by atoms with Crippen LogP contribution < -0.4 is 0 Å². The van der Waals surface area contributed by atoms with E-state index in [4.69, 9.17) is 16.5 Å². The Balaban J connectivity index is 0.000000405. The first-order valence-electron chi connectivity index (χ1n) is 14.1. The average molecular weight is 693 g/mol. The first-order valence-corrected chi connectivity index (χ1v) is 14.1. The SMILES string of the molecule is COC([NH-])=O.COC([NH-])=O.O=[C-]N1CC2(CC2)C[C@H]1c1ncc(Cc2ccc3nc([C@@H]4[C@H]5CC[C@H](C5)N4[C-]=O)[nH]c3c2)[nH]1.[V+2].[V+2]. The molecule has 4 fully saturated rings. The van der Waals surface area contributed by atoms with Crippen LogP contribution in [0.2, 0.25) is 0 Å². The molecule has 2 saturated carbocycles. The summed E-state index contributed by atoms with van der Waals surface area (Å²) in [4.78, 5) is 61.5. The summed E-state index contributed by atoms with van der Waals surface area (Å²) >= 11 is 0. The van der Waals surface area contributed by atoms with Crippen LogP contribution in [0.25, 0.3) is 22.5 Å². The number of hydrogen-bond donors (Lipinski definition) is 2. The van der Waals surface area contributed by atoms with Gasteiger partial charge in [-0.05, 0) is 74.1 Å². The van der Waals surface area contributed by atoms with Crippen molar-refractivity contribution in [3.05, 3.63) is 58.8 Å². The Bertz CT molecular complexity index is 1480. The molecule has 3 aromatic rings. The topological polar surface area (TPSA) is 198 Å². The zero-order valence-corrected chi connectivity index (χ0v) is 27.7. The summed E-state index contributed by atoms with van der Waals surface area (Å²) in [6.07, 6.45) is 11.6. The Morgan fingerprint density at radius 1 is 1.04 bits per heavy atom. The molecule has 4 atom stereocenters. The van der Waals surface area contributed by atoms with Crippen LogP contribution in [0, 0.1) is 11.3 Å². The summed E-state index contributed by atoms with van der Waals surface area (Å²) in [6.45, 7) is 0.803. The second-order valence-corrected chi connectivity index (χ2v) is 11.5. The van der Waals surface area contributed by atoms with Gasteiger partial charge in [-0.1, -0.05) is 6.07 Å². The normalized spacial score (nSPS) is 23.1. The number of benzene rings is 1. The quantitative estimate of drug-likeness (QED) is 0.347. The van der Waals surface area contributed by atoms with Crippen LogP contribution in [0.3, 0.4) is 0 Å². The van der Waals surface area contributed by atoms with E-state index in [1.54, 1.807) is 4.90 Å². The molecule has 236 valence electrons. The van der Waals surface area contributed by atoms with Crippen molar-refractivity contribution in [2.75, 3.05) is 20.8 Å². The molecule has 2 bridgehead atoms. The number of piperidine rings is 1. The van der Waals surface area contributed by atoms with Crippen LogP contribution >= 0.6 is 0 Å². The molecule has 4 amide bonds. The summed E-state index contributed by atoms with van der Waals surface area (Å²) in [5, 5.41) is 0. The van der Waals surface area contributed by atoms with Crippen LogP contribution in [-0.4, -0.2) is 81.5 Å². The molecule has 4 N–H and O–H groups in total. The van der Waals surface area contributed by atoms with Crippen molar-refractivity contribution < 1.29 is 65.8 Å². The van der Waals surface area contributed by atoms with E-state index in [-0.39, 0.29) is 49.2 Å². The molecule has 2 aliphatic carbocycles. The van der Waals surface area contributed by atoms with E-state index in [9.17, 15) is 19.2 Å². The number of ether oxygens (including phenoxy) is 2. The van der Waals surface area contributed by atoms with Gasteiger partial charge < -0.3 is 50.3 Å². The summed E-state index contributed by atoms with van der Waals surface area (Å²) in [6, 6.07) is 6.62. The molecule has 4 heterocycles. The maximum atomic E-state index is 11.6. The number of methoxy groups -OCH3 is 2. The third-order valence-electron chi connectivity index (χ3n) is 8.85. The summed E-state index contributed by atoms with van der Waals surface area (Å²) in [7, 11) is 2.32. The van der Waals surface area contributed by atoms with E-state index >= 15 is 0 Å². The largest absolute Gasteiger partial charge is 2.00 e. The number of nitrogens with zero attached hydrogens (tertiary/aromatic N) is 4. The van der Waals surface area contributed by atoms with E-state index in [0.717, 1.165) is 86.8 Å². The van der Waals surface area contributed by atoms with E-state index in [0.29, 0.717) is 17.4 Å². The second-order valence-electron chi connectivity index (χ2n) is 11.5. The molecule has 1 spiro atoms. The monoisotopic (exact) mass is 692 g/mol. The molecule has 2 radical (unpaired) electrons. The summed E-state index contributed by atoms with van der Waals surface area (Å²) < 4.78 is 7.56. The van der Waals surface area contributed by atoms with Gasteiger partial charge in [-0.3, -0.25) is 9.59 Å². The first-order chi connectivity index (χ1) is 20.7. The predicted octanol–water partition coefficient (Wildman–Crippen LogP) is 4.67. The zero-order valence-electron chi connectivity index (χ0n) is 24.9. The Morgan fingerprint density at radius 2 is 1.73 bits per heavy atom. The van der Waals surface area contributed by atoms with Gasteiger partial charge >= 0.3 is 37.1 Å². The van der Waals surface area contributed by atoms with Crippen LogP contribution in [0.15, 0.2) is 24.4 Å². The minimum Gasteiger partial charge on any atom is -0.632 e. The Hall–Kier alpha value is -3.45. The van der Waals surface area contributed by atoms with Gasteiger partial charge in [-0.2, -0.15) is 12.8 Å². The van der Waals surface area contributed by atoms with Gasteiger partial charge in [0.05, 0.1) is 37.3 Å². The first kappa shape index (κ1) is 36.0. The number of nitrogens with one attached hydrogen (secondary N) is 4. The van der Waals surface area contributed by atoms with Gasteiger partial charge in [-0.25, -0.2) is 9.97 Å². The number of carbonyl (C=O) groups excluding carboxylic acids is 4. The maximum Gasteiger partial charge on any atom is 2.00 e. The molecule has 0 unspecified atom stereocenters. The molecule has 16 heteroatoms. The van der Waals surface area contributed by atoms with Crippen molar-refractivity contribution in [1.29, 1.82) is 0 Å². The minimum absolute atomic E-state index is 0. The number of aromatic amines is 2. The van der Waals surface area contributed by atoms with E-state index in [1.807, 2.05) is 17.2 Å². The van der Waals surface area contributed by atoms with Crippen LogP contribution in [-0.2, 0) is 62.6 Å². The summed E-state index contributed by atoms with van der Waals surface area (Å²) in [5.41, 5.74) is 16.3. The fourth-order valence-corrected chi connectivity index (χ4v) is 6.59. The van der Waals surface area contributed by atoms with Crippen molar-refractivity contribution >= 4 is 36.0 Å². The molecule has 14 nitrogen and oxygen atoms in total. The van der Waals surface area contributed by atoms with E-state index in [2.05, 4.69) is 49.4 Å². The van der Waals surface area contributed by atoms with Crippen molar-refractivity contribution in [2.45, 2.75) is 63.1 Å². The molecule has 7 rings (SSSR count). The Morgan fingerprint density at radius 3 is 2.33 bits per heavy atom. The van der Waals surface area contributed by atoms with Crippen molar-refractivity contribution in [3.63, 3.8) is 0 Å². The maximum absolute atomic E-state index is 11.6. The van der Waals surface area contributed by atoms with E-state index in [1.165, 1.54) is 12.8 Å². The predicted molar refractivity (Wildman–Crippen MR) is 154 cm³/mol. The second kappa shape index (κ2) is 15.2. The number of H-pyrrole nitrogens is 2. The number of imidazole rings is 2. The molecule has 2 aliphatic heterocycles. The van der Waals surface area contributed by atoms with Gasteiger partial charge in [-0.15, -0.1) is 0 Å². The fraction of sp³-hybridized carbons (Fsp3) is 0.517. The van der Waals surface area contributed by atoms with Crippen molar-refractivity contribution in [1.82, 2.24) is 29.7 Å². The van der Waals surface area contributed by atoms with Gasteiger partial charge in [0.2, 0.25) is 12.2 Å². The number of amides is 4.